The number of ketones is 1. The van der Waals surface area contributed by atoms with E-state index in [4.69, 9.17) is 11.6 Å². The van der Waals surface area contributed by atoms with Crippen LogP contribution in [0.25, 0.3) is 11.3 Å². The fraction of sp³-hybridized carbons (Fsp3) is 0.190. The minimum Gasteiger partial charge on any atom is -0.299 e. The highest BCUT2D eigenvalue weighted by Gasteiger charge is 2.12. The molecule has 2 heterocycles. The summed E-state index contributed by atoms with van der Waals surface area (Å²) >= 11 is 5.91. The Morgan fingerprint density at radius 2 is 2.00 bits per heavy atom. The van der Waals surface area contributed by atoms with Gasteiger partial charge in [0.25, 0.3) is 0 Å². The van der Waals surface area contributed by atoms with Crippen molar-refractivity contribution < 1.29 is 9.18 Å². The summed E-state index contributed by atoms with van der Waals surface area (Å²) in [7, 11) is 0. The number of aryl methyl sites for hydroxylation is 2. The summed E-state index contributed by atoms with van der Waals surface area (Å²) in [5.41, 5.74) is 4.03. The van der Waals surface area contributed by atoms with E-state index in [2.05, 4.69) is 9.97 Å². The smallest absolute Gasteiger partial charge is 0.141 e. The van der Waals surface area contributed by atoms with E-state index in [0.29, 0.717) is 19.3 Å². The summed E-state index contributed by atoms with van der Waals surface area (Å²) in [6.07, 6.45) is 2.95. The lowest BCUT2D eigenvalue weighted by Gasteiger charge is -2.10. The molecule has 0 N–H and O–H groups in total. The van der Waals surface area contributed by atoms with E-state index in [0.717, 1.165) is 28.2 Å². The number of halogens is 2. The fourth-order valence-corrected chi connectivity index (χ4v) is 2.93. The van der Waals surface area contributed by atoms with Crippen LogP contribution in [0.1, 0.15) is 23.4 Å². The number of nitrogens with zero attached hydrogens (tertiary/aromatic N) is 2. The number of carbonyl (C=O) groups excluding carboxylic acids is 1. The Labute approximate surface area is 156 Å². The summed E-state index contributed by atoms with van der Waals surface area (Å²) < 4.78 is 13.5. The van der Waals surface area contributed by atoms with E-state index >= 15 is 0 Å². The van der Waals surface area contributed by atoms with Gasteiger partial charge in [0.2, 0.25) is 0 Å². The minimum absolute atomic E-state index is 0.0583. The first-order chi connectivity index (χ1) is 12.5. The van der Waals surface area contributed by atoms with Crippen molar-refractivity contribution in [3.8, 4) is 11.3 Å². The Morgan fingerprint density at radius 3 is 2.73 bits per heavy atom. The van der Waals surface area contributed by atoms with Crippen LogP contribution in [0.3, 0.4) is 0 Å². The van der Waals surface area contributed by atoms with E-state index in [1.165, 1.54) is 6.07 Å². The molecule has 0 atom stereocenters. The number of pyridine rings is 2. The molecule has 0 saturated carbocycles. The third kappa shape index (κ3) is 4.52. The standard InChI is InChI=1S/C21H18ClFN2O/c1-14-5-6-15(7-9-18(26)13-17-4-2-3-11-24-17)21(25-14)16-8-10-20(23)19(22)12-16/h2-6,8,10-12H,7,9,13H2,1H3. The molecule has 5 heteroatoms. The molecule has 3 rings (SSSR count). The van der Waals surface area contributed by atoms with Crippen LogP contribution in [0, 0.1) is 12.7 Å². The zero-order chi connectivity index (χ0) is 18.5. The Bertz CT molecular complexity index is 929. The molecule has 26 heavy (non-hydrogen) atoms. The molecule has 3 nitrogen and oxygen atoms in total. The normalized spacial score (nSPS) is 10.7. The van der Waals surface area contributed by atoms with Crippen molar-refractivity contribution in [3.05, 3.63) is 82.5 Å². The minimum atomic E-state index is -0.463. The lowest BCUT2D eigenvalue weighted by Crippen LogP contribution is -2.06. The Morgan fingerprint density at radius 1 is 1.15 bits per heavy atom. The van der Waals surface area contributed by atoms with Crippen molar-refractivity contribution in [2.45, 2.75) is 26.2 Å². The van der Waals surface area contributed by atoms with Gasteiger partial charge in [-0.3, -0.25) is 14.8 Å². The molecule has 0 bridgehead atoms. The van der Waals surface area contributed by atoms with Crippen molar-refractivity contribution >= 4 is 17.4 Å². The first kappa shape index (κ1) is 18.2. The van der Waals surface area contributed by atoms with Crippen LogP contribution in [0.2, 0.25) is 5.02 Å². The molecule has 0 fully saturated rings. The zero-order valence-electron chi connectivity index (χ0n) is 14.4. The van der Waals surface area contributed by atoms with E-state index < -0.39 is 5.82 Å². The lowest BCUT2D eigenvalue weighted by molar-refractivity contribution is -0.118. The Hall–Kier alpha value is -2.59. The van der Waals surface area contributed by atoms with E-state index in [9.17, 15) is 9.18 Å². The van der Waals surface area contributed by atoms with Gasteiger partial charge in [0, 0.05) is 36.0 Å². The van der Waals surface area contributed by atoms with Crippen molar-refractivity contribution in [2.75, 3.05) is 0 Å². The molecular formula is C21H18ClFN2O. The van der Waals surface area contributed by atoms with Gasteiger partial charge in [-0.25, -0.2) is 4.39 Å². The predicted octanol–water partition coefficient (Wildman–Crippen LogP) is 4.99. The second kappa shape index (κ2) is 8.19. The molecule has 2 aromatic heterocycles. The third-order valence-electron chi connectivity index (χ3n) is 4.09. The molecule has 0 aliphatic rings. The maximum Gasteiger partial charge on any atom is 0.141 e. The highest BCUT2D eigenvalue weighted by atomic mass is 35.5. The summed E-state index contributed by atoms with van der Waals surface area (Å²) in [5.74, 6) is -0.345. The maximum absolute atomic E-state index is 13.5. The van der Waals surface area contributed by atoms with Gasteiger partial charge in [-0.15, -0.1) is 0 Å². The largest absolute Gasteiger partial charge is 0.299 e. The summed E-state index contributed by atoms with van der Waals surface area (Å²) in [5, 5.41) is 0.0583. The number of hydrogen-bond acceptors (Lipinski definition) is 3. The van der Waals surface area contributed by atoms with Crippen molar-refractivity contribution in [1.29, 1.82) is 0 Å². The van der Waals surface area contributed by atoms with Gasteiger partial charge < -0.3 is 0 Å². The zero-order valence-corrected chi connectivity index (χ0v) is 15.1. The first-order valence-corrected chi connectivity index (χ1v) is 8.74. The topological polar surface area (TPSA) is 42.9 Å². The SMILES string of the molecule is Cc1ccc(CCC(=O)Cc2ccccn2)c(-c2ccc(F)c(Cl)c2)n1. The van der Waals surface area contributed by atoms with Gasteiger partial charge >= 0.3 is 0 Å². The van der Waals surface area contributed by atoms with Crippen LogP contribution in [0.15, 0.2) is 54.7 Å². The summed E-state index contributed by atoms with van der Waals surface area (Å²) in [6, 6.07) is 14.0. The highest BCUT2D eigenvalue weighted by molar-refractivity contribution is 6.31. The molecule has 132 valence electrons. The molecule has 0 amide bonds. The van der Waals surface area contributed by atoms with E-state index in [-0.39, 0.29) is 10.8 Å². The number of hydrogen-bond donors (Lipinski definition) is 0. The third-order valence-corrected chi connectivity index (χ3v) is 4.38. The molecule has 0 saturated heterocycles. The second-order valence-corrected chi connectivity index (χ2v) is 6.53. The van der Waals surface area contributed by atoms with Crippen LogP contribution >= 0.6 is 11.6 Å². The van der Waals surface area contributed by atoms with Crippen LogP contribution in [0.5, 0.6) is 0 Å². The van der Waals surface area contributed by atoms with Crippen LogP contribution in [-0.2, 0) is 17.6 Å². The Kier molecular flexibility index (Phi) is 5.74. The van der Waals surface area contributed by atoms with Crippen molar-refractivity contribution in [1.82, 2.24) is 9.97 Å². The van der Waals surface area contributed by atoms with Gasteiger partial charge in [0.05, 0.1) is 10.7 Å². The second-order valence-electron chi connectivity index (χ2n) is 6.13. The number of rotatable bonds is 6. The van der Waals surface area contributed by atoms with E-state index in [1.807, 2.05) is 37.3 Å². The monoisotopic (exact) mass is 368 g/mol. The van der Waals surface area contributed by atoms with Crippen molar-refractivity contribution in [3.63, 3.8) is 0 Å². The lowest BCUT2D eigenvalue weighted by atomic mass is 9.99. The number of benzene rings is 1. The van der Waals surface area contributed by atoms with Gasteiger partial charge in [0.15, 0.2) is 0 Å². The van der Waals surface area contributed by atoms with Crippen LogP contribution in [0.4, 0.5) is 4.39 Å². The number of aromatic nitrogens is 2. The number of carbonyl (C=O) groups is 1. The molecule has 1 aromatic carbocycles. The van der Waals surface area contributed by atoms with Gasteiger partial charge in [-0.05, 0) is 55.3 Å². The fourth-order valence-electron chi connectivity index (χ4n) is 2.75. The highest BCUT2D eigenvalue weighted by Crippen LogP contribution is 2.27. The van der Waals surface area contributed by atoms with Crippen LogP contribution in [-0.4, -0.2) is 15.8 Å². The summed E-state index contributed by atoms with van der Waals surface area (Å²) in [6.45, 7) is 1.89. The van der Waals surface area contributed by atoms with Crippen molar-refractivity contribution in [2.24, 2.45) is 0 Å². The average Bonchev–Trinajstić information content (AvgIpc) is 2.64. The molecular weight excluding hydrogens is 351 g/mol. The molecule has 0 unspecified atom stereocenters. The number of Topliss-reactive ketones (excluding diaryl/α,β-unsaturated/α-hetero) is 1. The summed E-state index contributed by atoms with van der Waals surface area (Å²) in [4.78, 5) is 21.0. The molecule has 0 aliphatic carbocycles. The average molecular weight is 369 g/mol. The van der Waals surface area contributed by atoms with E-state index in [1.54, 1.807) is 18.3 Å². The van der Waals surface area contributed by atoms with Gasteiger partial charge in [-0.1, -0.05) is 23.7 Å². The molecule has 0 spiro atoms. The van der Waals surface area contributed by atoms with Gasteiger partial charge in [-0.2, -0.15) is 0 Å². The molecule has 3 aromatic rings. The maximum atomic E-state index is 13.5. The molecule has 0 aliphatic heterocycles. The Balaban J connectivity index is 1.77. The molecule has 0 radical (unpaired) electrons. The predicted molar refractivity (Wildman–Crippen MR) is 101 cm³/mol. The van der Waals surface area contributed by atoms with Gasteiger partial charge in [0.1, 0.15) is 11.6 Å². The first-order valence-electron chi connectivity index (χ1n) is 8.36. The quantitative estimate of drug-likeness (QED) is 0.615. The van der Waals surface area contributed by atoms with Crippen LogP contribution < -0.4 is 0 Å².